The zero-order valence-corrected chi connectivity index (χ0v) is 13.2. The number of carbonyl (C=O) groups is 1. The van der Waals surface area contributed by atoms with Crippen LogP contribution in [0.4, 0.5) is 5.69 Å². The van der Waals surface area contributed by atoms with Crippen LogP contribution in [0.25, 0.3) is 11.0 Å². The van der Waals surface area contributed by atoms with Gasteiger partial charge in [-0.15, -0.1) is 0 Å². The summed E-state index contributed by atoms with van der Waals surface area (Å²) in [6.45, 7) is 0. The van der Waals surface area contributed by atoms with Crippen LogP contribution in [0.3, 0.4) is 0 Å². The molecule has 0 atom stereocenters. The molecule has 0 bridgehead atoms. The first-order chi connectivity index (χ1) is 11.6. The fourth-order valence-corrected chi connectivity index (χ4v) is 2.32. The number of benzene rings is 2. The fourth-order valence-electron chi connectivity index (χ4n) is 2.32. The summed E-state index contributed by atoms with van der Waals surface area (Å²) in [5, 5.41) is 3.32. The maximum atomic E-state index is 12.5. The Bertz CT molecular complexity index is 961. The number of amides is 1. The van der Waals surface area contributed by atoms with Gasteiger partial charge in [-0.2, -0.15) is 0 Å². The van der Waals surface area contributed by atoms with E-state index >= 15 is 0 Å². The SMILES string of the molecule is COc1ccc(OC)c(NC(=O)c2cc3ccccc3oc2=O)c1. The minimum atomic E-state index is -0.701. The lowest BCUT2D eigenvalue weighted by molar-refractivity contribution is 0.102. The summed E-state index contributed by atoms with van der Waals surface area (Å²) in [6, 6.07) is 13.5. The summed E-state index contributed by atoms with van der Waals surface area (Å²) < 4.78 is 15.5. The van der Waals surface area contributed by atoms with E-state index in [1.807, 2.05) is 0 Å². The number of ether oxygens (including phenoxy) is 2. The first-order valence-corrected chi connectivity index (χ1v) is 7.18. The normalized spacial score (nSPS) is 10.4. The van der Waals surface area contributed by atoms with E-state index in [4.69, 9.17) is 13.9 Å². The van der Waals surface area contributed by atoms with Crippen molar-refractivity contribution < 1.29 is 18.7 Å². The first kappa shape index (κ1) is 15.6. The fraction of sp³-hybridized carbons (Fsp3) is 0.111. The van der Waals surface area contributed by atoms with Crippen LogP contribution in [0.2, 0.25) is 0 Å². The van der Waals surface area contributed by atoms with Crippen LogP contribution in [-0.4, -0.2) is 20.1 Å². The molecule has 1 N–H and O–H groups in total. The van der Waals surface area contributed by atoms with Crippen molar-refractivity contribution in [1.29, 1.82) is 0 Å². The topological polar surface area (TPSA) is 77.8 Å². The monoisotopic (exact) mass is 325 g/mol. The molecule has 0 aliphatic carbocycles. The van der Waals surface area contributed by atoms with E-state index in [0.717, 1.165) is 0 Å². The summed E-state index contributed by atoms with van der Waals surface area (Å²) in [5.41, 5.74) is 0.0408. The van der Waals surface area contributed by atoms with Gasteiger partial charge in [0.05, 0.1) is 19.9 Å². The largest absolute Gasteiger partial charge is 0.497 e. The second-order valence-corrected chi connectivity index (χ2v) is 5.01. The van der Waals surface area contributed by atoms with Crippen molar-refractivity contribution in [2.24, 2.45) is 0 Å². The third-order valence-corrected chi connectivity index (χ3v) is 3.54. The van der Waals surface area contributed by atoms with E-state index in [9.17, 15) is 9.59 Å². The molecule has 0 spiro atoms. The van der Waals surface area contributed by atoms with Gasteiger partial charge in [0.2, 0.25) is 0 Å². The van der Waals surface area contributed by atoms with Crippen LogP contribution in [-0.2, 0) is 0 Å². The van der Waals surface area contributed by atoms with Gasteiger partial charge >= 0.3 is 5.63 Å². The molecule has 2 aromatic carbocycles. The molecule has 24 heavy (non-hydrogen) atoms. The van der Waals surface area contributed by atoms with E-state index in [1.165, 1.54) is 20.3 Å². The second kappa shape index (κ2) is 6.45. The van der Waals surface area contributed by atoms with Gasteiger partial charge < -0.3 is 19.2 Å². The standard InChI is InChI=1S/C18H15NO5/c1-22-12-7-8-16(23-2)14(10-12)19-17(20)13-9-11-5-3-4-6-15(11)24-18(13)21/h3-10H,1-2H3,(H,19,20). The highest BCUT2D eigenvalue weighted by Gasteiger charge is 2.16. The molecule has 0 saturated heterocycles. The van der Waals surface area contributed by atoms with Gasteiger partial charge in [-0.05, 0) is 24.3 Å². The lowest BCUT2D eigenvalue weighted by atomic mass is 10.1. The molecule has 0 aliphatic rings. The van der Waals surface area contributed by atoms with E-state index in [2.05, 4.69) is 5.32 Å². The highest BCUT2D eigenvalue weighted by Crippen LogP contribution is 2.29. The van der Waals surface area contributed by atoms with E-state index in [1.54, 1.807) is 42.5 Å². The van der Waals surface area contributed by atoms with Crippen LogP contribution in [0, 0.1) is 0 Å². The molecule has 0 fully saturated rings. The summed E-state index contributed by atoms with van der Waals surface area (Å²) in [5.74, 6) is 0.423. The summed E-state index contributed by atoms with van der Waals surface area (Å²) >= 11 is 0. The zero-order valence-electron chi connectivity index (χ0n) is 13.2. The Kier molecular flexibility index (Phi) is 4.20. The number of hydrogen-bond acceptors (Lipinski definition) is 5. The molecular formula is C18H15NO5. The maximum absolute atomic E-state index is 12.5. The lowest BCUT2D eigenvalue weighted by Crippen LogP contribution is -2.21. The Morgan fingerprint density at radius 2 is 1.83 bits per heavy atom. The lowest BCUT2D eigenvalue weighted by Gasteiger charge is -2.11. The third-order valence-electron chi connectivity index (χ3n) is 3.54. The number of rotatable bonds is 4. The second-order valence-electron chi connectivity index (χ2n) is 5.01. The van der Waals surface area contributed by atoms with Crippen molar-refractivity contribution in [1.82, 2.24) is 0 Å². The average molecular weight is 325 g/mol. The maximum Gasteiger partial charge on any atom is 0.349 e. The Labute approximate surface area is 137 Å². The molecule has 0 radical (unpaired) electrons. The van der Waals surface area contributed by atoms with Gasteiger partial charge in [-0.3, -0.25) is 4.79 Å². The minimum Gasteiger partial charge on any atom is -0.497 e. The smallest absolute Gasteiger partial charge is 0.349 e. The number of methoxy groups -OCH3 is 2. The van der Waals surface area contributed by atoms with Crippen LogP contribution in [0.15, 0.2) is 57.7 Å². The van der Waals surface area contributed by atoms with Crippen molar-refractivity contribution in [3.8, 4) is 11.5 Å². The van der Waals surface area contributed by atoms with E-state index < -0.39 is 11.5 Å². The van der Waals surface area contributed by atoms with Crippen LogP contribution >= 0.6 is 0 Å². The van der Waals surface area contributed by atoms with Crippen molar-refractivity contribution in [2.75, 3.05) is 19.5 Å². The number of carbonyl (C=O) groups excluding carboxylic acids is 1. The average Bonchev–Trinajstić information content (AvgIpc) is 2.60. The molecule has 0 unspecified atom stereocenters. The molecule has 0 aliphatic heterocycles. The van der Waals surface area contributed by atoms with Gasteiger partial charge in [0.25, 0.3) is 5.91 Å². The van der Waals surface area contributed by atoms with E-state index in [0.29, 0.717) is 28.2 Å². The third kappa shape index (κ3) is 2.94. The minimum absolute atomic E-state index is 0.0847. The van der Waals surface area contributed by atoms with E-state index in [-0.39, 0.29) is 5.56 Å². The van der Waals surface area contributed by atoms with Crippen LogP contribution in [0.1, 0.15) is 10.4 Å². The van der Waals surface area contributed by atoms with Crippen LogP contribution in [0.5, 0.6) is 11.5 Å². The molecule has 1 aromatic heterocycles. The Morgan fingerprint density at radius 3 is 2.58 bits per heavy atom. The molecular weight excluding hydrogens is 310 g/mol. The predicted octanol–water partition coefficient (Wildman–Crippen LogP) is 3.06. The number of nitrogens with one attached hydrogen (secondary N) is 1. The van der Waals surface area contributed by atoms with Crippen molar-refractivity contribution in [2.45, 2.75) is 0 Å². The van der Waals surface area contributed by atoms with Crippen LogP contribution < -0.4 is 20.4 Å². The molecule has 6 nitrogen and oxygen atoms in total. The van der Waals surface area contributed by atoms with Crippen molar-refractivity contribution in [3.63, 3.8) is 0 Å². The van der Waals surface area contributed by atoms with Crippen molar-refractivity contribution in [3.05, 3.63) is 64.5 Å². The zero-order chi connectivity index (χ0) is 17.1. The summed E-state index contributed by atoms with van der Waals surface area (Å²) in [7, 11) is 3.01. The summed E-state index contributed by atoms with van der Waals surface area (Å²) in [6.07, 6.45) is 0. The van der Waals surface area contributed by atoms with Gasteiger partial charge in [0.1, 0.15) is 22.6 Å². The van der Waals surface area contributed by atoms with Gasteiger partial charge in [0, 0.05) is 11.5 Å². The highest BCUT2D eigenvalue weighted by atomic mass is 16.5. The number of para-hydroxylation sites is 1. The summed E-state index contributed by atoms with van der Waals surface area (Å²) in [4.78, 5) is 24.5. The molecule has 6 heteroatoms. The molecule has 122 valence electrons. The number of fused-ring (bicyclic) bond motifs is 1. The molecule has 3 aromatic rings. The van der Waals surface area contributed by atoms with Crippen molar-refractivity contribution >= 4 is 22.6 Å². The molecule has 1 amide bonds. The highest BCUT2D eigenvalue weighted by molar-refractivity contribution is 6.06. The first-order valence-electron chi connectivity index (χ1n) is 7.18. The number of hydrogen-bond donors (Lipinski definition) is 1. The predicted molar refractivity (Wildman–Crippen MR) is 90.0 cm³/mol. The van der Waals surface area contributed by atoms with Gasteiger partial charge in [-0.25, -0.2) is 4.79 Å². The Morgan fingerprint density at radius 1 is 1.04 bits per heavy atom. The van der Waals surface area contributed by atoms with Gasteiger partial charge in [0.15, 0.2) is 0 Å². The van der Waals surface area contributed by atoms with Gasteiger partial charge in [-0.1, -0.05) is 18.2 Å². The Hall–Kier alpha value is -3.28. The number of anilines is 1. The molecule has 1 heterocycles. The molecule has 3 rings (SSSR count). The Balaban J connectivity index is 1.98. The molecule has 0 saturated carbocycles. The quantitative estimate of drug-likeness (QED) is 0.746.